The molecule has 0 saturated carbocycles. The molecule has 0 unspecified atom stereocenters. The first-order valence-corrected chi connectivity index (χ1v) is 6.95. The molecule has 3 N–H and O–H groups in total. The molecule has 1 aliphatic rings. The number of oxime groups is 1. The maximum atomic E-state index is 8.57. The van der Waals surface area contributed by atoms with Gasteiger partial charge in [0.1, 0.15) is 23.9 Å². The van der Waals surface area contributed by atoms with Crippen LogP contribution in [0, 0.1) is 0 Å². The Morgan fingerprint density at radius 1 is 1.19 bits per heavy atom. The number of benzene rings is 1. The molecule has 0 spiro atoms. The van der Waals surface area contributed by atoms with Crippen LogP contribution in [-0.2, 0) is 0 Å². The monoisotopic (exact) mass is 304 g/mol. The van der Waals surface area contributed by atoms with Gasteiger partial charge in [-0.1, -0.05) is 16.9 Å². The normalized spacial score (nSPS) is 14.0. The highest BCUT2D eigenvalue weighted by Crippen LogP contribution is 2.36. The number of nitrogens with zero attached hydrogens (tertiary/aromatic N) is 3. The topological polar surface area (TPSA) is 103 Å². The molecule has 2 aromatic rings. The van der Waals surface area contributed by atoms with Crippen LogP contribution in [0.3, 0.4) is 0 Å². The van der Waals surface area contributed by atoms with Gasteiger partial charge in [-0.15, -0.1) is 0 Å². The van der Waals surface area contributed by atoms with E-state index < -0.39 is 0 Å². The van der Waals surface area contributed by atoms with Crippen molar-refractivity contribution in [2.45, 2.75) is 9.92 Å². The fourth-order valence-corrected chi connectivity index (χ4v) is 2.51. The number of aromatic nitrogens is 2. The highest BCUT2D eigenvalue weighted by Gasteiger charge is 2.12. The SMILES string of the molecule is N/C(=N/O)c1cnc(Sc2ccc3c(c2)OCCO3)cn1. The van der Waals surface area contributed by atoms with Crippen molar-refractivity contribution in [1.82, 2.24) is 9.97 Å². The van der Waals surface area contributed by atoms with E-state index in [2.05, 4.69) is 15.1 Å². The summed E-state index contributed by atoms with van der Waals surface area (Å²) in [5.41, 5.74) is 5.76. The first-order chi connectivity index (χ1) is 10.3. The van der Waals surface area contributed by atoms with E-state index in [0.29, 0.717) is 23.9 Å². The molecule has 108 valence electrons. The van der Waals surface area contributed by atoms with Crippen molar-refractivity contribution in [3.63, 3.8) is 0 Å². The molecule has 0 radical (unpaired) electrons. The van der Waals surface area contributed by atoms with Gasteiger partial charge >= 0.3 is 0 Å². The maximum Gasteiger partial charge on any atom is 0.190 e. The summed E-state index contributed by atoms with van der Waals surface area (Å²) in [6, 6.07) is 5.70. The largest absolute Gasteiger partial charge is 0.486 e. The van der Waals surface area contributed by atoms with Crippen LogP contribution in [0.2, 0.25) is 0 Å². The number of fused-ring (bicyclic) bond motifs is 1. The zero-order valence-electron chi connectivity index (χ0n) is 10.9. The molecular weight excluding hydrogens is 292 g/mol. The molecule has 2 heterocycles. The fourth-order valence-electron chi connectivity index (χ4n) is 1.76. The molecule has 0 saturated heterocycles. The van der Waals surface area contributed by atoms with Crippen LogP contribution in [0.5, 0.6) is 11.5 Å². The summed E-state index contributed by atoms with van der Waals surface area (Å²) < 4.78 is 11.0. The Hall–Kier alpha value is -2.48. The van der Waals surface area contributed by atoms with Gasteiger partial charge in [0.2, 0.25) is 0 Å². The van der Waals surface area contributed by atoms with Gasteiger partial charge in [-0.05, 0) is 18.2 Å². The zero-order chi connectivity index (χ0) is 14.7. The Bertz CT molecular complexity index is 676. The second-order valence-electron chi connectivity index (χ2n) is 4.13. The van der Waals surface area contributed by atoms with Gasteiger partial charge in [-0.3, -0.25) is 0 Å². The number of rotatable bonds is 3. The van der Waals surface area contributed by atoms with Crippen molar-refractivity contribution in [3.05, 3.63) is 36.3 Å². The van der Waals surface area contributed by atoms with Gasteiger partial charge in [-0.25, -0.2) is 9.97 Å². The molecule has 0 fully saturated rings. The predicted octanol–water partition coefficient (Wildman–Crippen LogP) is 1.49. The third kappa shape index (κ3) is 3.00. The first-order valence-electron chi connectivity index (χ1n) is 6.14. The number of hydrogen-bond donors (Lipinski definition) is 2. The van der Waals surface area contributed by atoms with E-state index >= 15 is 0 Å². The highest BCUT2D eigenvalue weighted by atomic mass is 32.2. The van der Waals surface area contributed by atoms with Crippen LogP contribution < -0.4 is 15.2 Å². The standard InChI is InChI=1S/C13H12N4O3S/c14-13(17-18)9-6-16-12(7-15-9)21-8-1-2-10-11(5-8)20-4-3-19-10/h1-2,5-7,18H,3-4H2,(H2,14,17). The second kappa shape index (κ2) is 5.88. The van der Waals surface area contributed by atoms with E-state index in [1.165, 1.54) is 18.0 Å². The molecule has 1 aliphatic heterocycles. The number of ether oxygens (including phenoxy) is 2. The molecule has 21 heavy (non-hydrogen) atoms. The molecule has 0 atom stereocenters. The fraction of sp³-hybridized carbons (Fsp3) is 0.154. The molecule has 0 bridgehead atoms. The van der Waals surface area contributed by atoms with E-state index in [0.717, 1.165) is 16.4 Å². The van der Waals surface area contributed by atoms with Gasteiger partial charge in [0, 0.05) is 4.90 Å². The summed E-state index contributed by atoms with van der Waals surface area (Å²) in [4.78, 5) is 9.25. The smallest absolute Gasteiger partial charge is 0.190 e. The molecule has 8 heteroatoms. The van der Waals surface area contributed by atoms with E-state index in [9.17, 15) is 0 Å². The summed E-state index contributed by atoms with van der Waals surface area (Å²) in [5, 5.41) is 12.1. The zero-order valence-corrected chi connectivity index (χ0v) is 11.7. The number of amidine groups is 1. The van der Waals surface area contributed by atoms with Crippen LogP contribution in [0.25, 0.3) is 0 Å². The van der Waals surface area contributed by atoms with Gasteiger partial charge in [-0.2, -0.15) is 0 Å². The van der Waals surface area contributed by atoms with Crippen molar-refractivity contribution < 1.29 is 14.7 Å². The molecule has 3 rings (SSSR count). The Labute approximate surface area is 124 Å². The third-order valence-corrected chi connectivity index (χ3v) is 3.64. The maximum absolute atomic E-state index is 8.57. The Morgan fingerprint density at radius 2 is 2.00 bits per heavy atom. The summed E-state index contributed by atoms with van der Waals surface area (Å²) in [5.74, 6) is 1.41. The van der Waals surface area contributed by atoms with Crippen LogP contribution in [0.4, 0.5) is 0 Å². The van der Waals surface area contributed by atoms with E-state index in [1.54, 1.807) is 6.20 Å². The summed E-state index contributed by atoms with van der Waals surface area (Å²) in [6.45, 7) is 1.12. The minimum Gasteiger partial charge on any atom is -0.486 e. The molecule has 0 amide bonds. The van der Waals surface area contributed by atoms with Crippen LogP contribution in [0.15, 0.2) is 45.7 Å². The minimum absolute atomic E-state index is 0.0709. The average molecular weight is 304 g/mol. The lowest BCUT2D eigenvalue weighted by Gasteiger charge is -2.18. The van der Waals surface area contributed by atoms with Crippen molar-refractivity contribution in [2.75, 3.05) is 13.2 Å². The van der Waals surface area contributed by atoms with Crippen LogP contribution in [-0.4, -0.2) is 34.2 Å². The lowest BCUT2D eigenvalue weighted by molar-refractivity contribution is 0.171. The van der Waals surface area contributed by atoms with Crippen molar-refractivity contribution in [3.8, 4) is 11.5 Å². The van der Waals surface area contributed by atoms with Gasteiger partial charge in [0.25, 0.3) is 0 Å². The lowest BCUT2D eigenvalue weighted by Crippen LogP contribution is -2.15. The quantitative estimate of drug-likeness (QED) is 0.383. The van der Waals surface area contributed by atoms with Crippen LogP contribution in [0.1, 0.15) is 5.69 Å². The average Bonchev–Trinajstić information content (AvgIpc) is 2.55. The number of nitrogens with two attached hydrogens (primary N) is 1. The van der Waals surface area contributed by atoms with E-state index in [4.69, 9.17) is 20.4 Å². The highest BCUT2D eigenvalue weighted by molar-refractivity contribution is 7.99. The van der Waals surface area contributed by atoms with Gasteiger partial charge < -0.3 is 20.4 Å². The van der Waals surface area contributed by atoms with E-state index in [1.807, 2.05) is 18.2 Å². The molecule has 0 aliphatic carbocycles. The third-order valence-electron chi connectivity index (χ3n) is 2.73. The Balaban J connectivity index is 1.77. The molecular formula is C13H12N4O3S. The Kier molecular flexibility index (Phi) is 3.78. The minimum atomic E-state index is -0.0709. The second-order valence-corrected chi connectivity index (χ2v) is 5.23. The lowest BCUT2D eigenvalue weighted by atomic mass is 10.3. The molecule has 1 aromatic heterocycles. The summed E-state index contributed by atoms with van der Waals surface area (Å²) in [7, 11) is 0. The van der Waals surface area contributed by atoms with Crippen LogP contribution >= 0.6 is 11.8 Å². The van der Waals surface area contributed by atoms with Gasteiger partial charge in [0.05, 0.1) is 12.4 Å². The van der Waals surface area contributed by atoms with Gasteiger partial charge in [0.15, 0.2) is 17.3 Å². The first kappa shape index (κ1) is 13.5. The van der Waals surface area contributed by atoms with Crippen molar-refractivity contribution in [2.24, 2.45) is 10.9 Å². The van der Waals surface area contributed by atoms with Crippen molar-refractivity contribution in [1.29, 1.82) is 0 Å². The summed E-state index contributed by atoms with van der Waals surface area (Å²) in [6.07, 6.45) is 3.02. The molecule has 1 aromatic carbocycles. The molecule has 7 nitrogen and oxygen atoms in total. The van der Waals surface area contributed by atoms with Crippen molar-refractivity contribution >= 4 is 17.6 Å². The summed E-state index contributed by atoms with van der Waals surface area (Å²) >= 11 is 1.44. The number of hydrogen-bond acceptors (Lipinski definition) is 7. The predicted molar refractivity (Wildman–Crippen MR) is 76.1 cm³/mol. The van der Waals surface area contributed by atoms with E-state index in [-0.39, 0.29) is 5.84 Å². The Morgan fingerprint density at radius 3 is 2.71 bits per heavy atom.